The maximum atomic E-state index is 12.4. The number of benzene rings is 3. The lowest BCUT2D eigenvalue weighted by atomic mass is 10.0. The summed E-state index contributed by atoms with van der Waals surface area (Å²) in [5.74, 6) is 1.48. The molecule has 3 aromatic rings. The van der Waals surface area contributed by atoms with Gasteiger partial charge in [0.05, 0.1) is 7.11 Å². The molecule has 3 rings (SSSR count). The normalized spacial score (nSPS) is 10.9. The Labute approximate surface area is 178 Å². The van der Waals surface area contributed by atoms with E-state index in [2.05, 4.69) is 19.2 Å². The zero-order valence-corrected chi connectivity index (χ0v) is 17.6. The highest BCUT2D eigenvalue weighted by atomic mass is 16.5. The van der Waals surface area contributed by atoms with Crippen molar-refractivity contribution < 1.29 is 14.3 Å². The fraction of sp³-hybridized carbons (Fsp3) is 0.192. The summed E-state index contributed by atoms with van der Waals surface area (Å²) < 4.78 is 11.5. The minimum absolute atomic E-state index is 0.205. The van der Waals surface area contributed by atoms with Gasteiger partial charge in [-0.05, 0) is 41.3 Å². The van der Waals surface area contributed by atoms with Gasteiger partial charge in [0.2, 0.25) is 5.91 Å². The van der Waals surface area contributed by atoms with Crippen LogP contribution in [0.2, 0.25) is 0 Å². The Balaban J connectivity index is 1.71. The number of carbonyl (C=O) groups excluding carboxylic acids is 1. The average molecular weight is 402 g/mol. The van der Waals surface area contributed by atoms with E-state index in [1.807, 2.05) is 72.8 Å². The van der Waals surface area contributed by atoms with Crippen molar-refractivity contribution in [1.82, 2.24) is 0 Å². The zero-order valence-electron chi connectivity index (χ0n) is 17.6. The van der Waals surface area contributed by atoms with E-state index in [0.717, 1.165) is 16.8 Å². The first-order chi connectivity index (χ1) is 14.6. The summed E-state index contributed by atoms with van der Waals surface area (Å²) in [7, 11) is 1.60. The van der Waals surface area contributed by atoms with Gasteiger partial charge in [-0.3, -0.25) is 4.79 Å². The molecule has 4 heteroatoms. The number of rotatable bonds is 8. The van der Waals surface area contributed by atoms with Crippen LogP contribution in [0.15, 0.2) is 78.9 Å². The van der Waals surface area contributed by atoms with Crippen molar-refractivity contribution in [3.05, 3.63) is 95.6 Å². The van der Waals surface area contributed by atoms with Crippen LogP contribution in [-0.4, -0.2) is 13.0 Å². The van der Waals surface area contributed by atoms with Gasteiger partial charge in [-0.2, -0.15) is 0 Å². The second-order valence-corrected chi connectivity index (χ2v) is 7.25. The molecule has 4 nitrogen and oxygen atoms in total. The Kier molecular flexibility index (Phi) is 7.28. The van der Waals surface area contributed by atoms with E-state index >= 15 is 0 Å². The third-order valence-electron chi connectivity index (χ3n) is 4.71. The van der Waals surface area contributed by atoms with Crippen LogP contribution in [0.25, 0.3) is 6.08 Å². The van der Waals surface area contributed by atoms with Gasteiger partial charge >= 0.3 is 0 Å². The van der Waals surface area contributed by atoms with Crippen LogP contribution in [0.4, 0.5) is 5.69 Å². The Morgan fingerprint density at radius 1 is 0.967 bits per heavy atom. The summed E-state index contributed by atoms with van der Waals surface area (Å²) in [6.07, 6.45) is 3.24. The first-order valence-electron chi connectivity index (χ1n) is 9.99. The number of hydrogen-bond acceptors (Lipinski definition) is 3. The third kappa shape index (κ3) is 5.74. The second kappa shape index (κ2) is 10.3. The van der Waals surface area contributed by atoms with E-state index < -0.39 is 0 Å². The van der Waals surface area contributed by atoms with Gasteiger partial charge in [0, 0.05) is 17.3 Å². The molecule has 0 fully saturated rings. The van der Waals surface area contributed by atoms with Crippen LogP contribution >= 0.6 is 0 Å². The number of para-hydroxylation sites is 1. The Morgan fingerprint density at radius 2 is 1.70 bits per heavy atom. The number of anilines is 1. The maximum Gasteiger partial charge on any atom is 0.248 e. The molecule has 1 N–H and O–H groups in total. The van der Waals surface area contributed by atoms with Crippen LogP contribution in [0.3, 0.4) is 0 Å². The molecule has 0 heterocycles. The van der Waals surface area contributed by atoms with Crippen LogP contribution < -0.4 is 14.8 Å². The molecule has 0 radical (unpaired) electrons. The van der Waals surface area contributed by atoms with Crippen LogP contribution in [0, 0.1) is 0 Å². The number of ether oxygens (including phenoxy) is 2. The molecule has 3 aromatic carbocycles. The molecule has 0 atom stereocenters. The molecular formula is C26H27NO3. The zero-order chi connectivity index (χ0) is 21.3. The van der Waals surface area contributed by atoms with Crippen LogP contribution in [0.5, 0.6) is 11.5 Å². The molecule has 0 aromatic heterocycles. The van der Waals surface area contributed by atoms with E-state index in [1.165, 1.54) is 11.6 Å². The highest BCUT2D eigenvalue weighted by molar-refractivity contribution is 6.02. The monoisotopic (exact) mass is 401 g/mol. The van der Waals surface area contributed by atoms with Crippen molar-refractivity contribution in [1.29, 1.82) is 0 Å². The largest absolute Gasteiger partial charge is 0.493 e. The van der Waals surface area contributed by atoms with E-state index in [9.17, 15) is 4.79 Å². The quantitative estimate of drug-likeness (QED) is 0.468. The molecule has 30 heavy (non-hydrogen) atoms. The van der Waals surface area contributed by atoms with Crippen molar-refractivity contribution in [3.8, 4) is 11.5 Å². The molecule has 0 saturated heterocycles. The summed E-state index contributed by atoms with van der Waals surface area (Å²) in [6, 6.07) is 23.4. The van der Waals surface area contributed by atoms with E-state index in [-0.39, 0.29) is 5.91 Å². The molecule has 0 unspecified atom stereocenters. The summed E-state index contributed by atoms with van der Waals surface area (Å²) >= 11 is 0. The van der Waals surface area contributed by atoms with Gasteiger partial charge in [-0.1, -0.05) is 68.4 Å². The molecule has 0 aliphatic carbocycles. The average Bonchev–Trinajstić information content (AvgIpc) is 2.77. The SMILES string of the molecule is COc1cccc(/C=C/C(=O)Nc2ccc(C(C)C)cc2)c1OCc1ccccc1. The van der Waals surface area contributed by atoms with E-state index in [4.69, 9.17) is 9.47 Å². The first kappa shape index (κ1) is 21.2. The minimum atomic E-state index is -0.205. The highest BCUT2D eigenvalue weighted by Crippen LogP contribution is 2.32. The van der Waals surface area contributed by atoms with Crippen molar-refractivity contribution >= 4 is 17.7 Å². The number of hydrogen-bond donors (Lipinski definition) is 1. The van der Waals surface area contributed by atoms with Crippen LogP contribution in [0.1, 0.15) is 36.5 Å². The fourth-order valence-corrected chi connectivity index (χ4v) is 3.01. The number of methoxy groups -OCH3 is 1. The molecule has 0 saturated carbocycles. The summed E-state index contributed by atoms with van der Waals surface area (Å²) in [4.78, 5) is 12.4. The Bertz CT molecular complexity index is 993. The topological polar surface area (TPSA) is 47.6 Å². The molecule has 154 valence electrons. The number of nitrogens with one attached hydrogen (secondary N) is 1. The standard InChI is InChI=1S/C26H27NO3/c1-19(2)21-12-15-23(16-13-21)27-25(28)17-14-22-10-7-11-24(29-3)26(22)30-18-20-8-5-4-6-9-20/h4-17,19H,18H2,1-3H3,(H,27,28)/b17-14+. The minimum Gasteiger partial charge on any atom is -0.493 e. The molecule has 0 aliphatic heterocycles. The van der Waals surface area contributed by atoms with Crippen molar-refractivity contribution in [3.63, 3.8) is 0 Å². The maximum absolute atomic E-state index is 12.4. The van der Waals surface area contributed by atoms with Gasteiger partial charge in [-0.25, -0.2) is 0 Å². The highest BCUT2D eigenvalue weighted by Gasteiger charge is 2.10. The molecule has 1 amide bonds. The van der Waals surface area contributed by atoms with Crippen LogP contribution in [-0.2, 0) is 11.4 Å². The van der Waals surface area contributed by atoms with Crippen molar-refractivity contribution in [2.75, 3.05) is 12.4 Å². The second-order valence-electron chi connectivity index (χ2n) is 7.25. The lowest BCUT2D eigenvalue weighted by Crippen LogP contribution is -2.07. The predicted octanol–water partition coefficient (Wildman–Crippen LogP) is 6.05. The number of carbonyl (C=O) groups is 1. The third-order valence-corrected chi connectivity index (χ3v) is 4.71. The van der Waals surface area contributed by atoms with E-state index in [1.54, 1.807) is 13.2 Å². The van der Waals surface area contributed by atoms with Gasteiger partial charge in [0.1, 0.15) is 6.61 Å². The van der Waals surface area contributed by atoms with Gasteiger partial charge in [-0.15, -0.1) is 0 Å². The molecule has 0 aliphatic rings. The summed E-state index contributed by atoms with van der Waals surface area (Å²) in [6.45, 7) is 4.69. The smallest absolute Gasteiger partial charge is 0.248 e. The lowest BCUT2D eigenvalue weighted by molar-refractivity contribution is -0.111. The van der Waals surface area contributed by atoms with Gasteiger partial charge in [0.25, 0.3) is 0 Å². The molecule has 0 bridgehead atoms. The van der Waals surface area contributed by atoms with Gasteiger partial charge in [0.15, 0.2) is 11.5 Å². The Morgan fingerprint density at radius 3 is 2.37 bits per heavy atom. The number of amides is 1. The Hall–Kier alpha value is -3.53. The molecule has 0 spiro atoms. The summed E-state index contributed by atoms with van der Waals surface area (Å²) in [5.41, 5.74) is 3.83. The van der Waals surface area contributed by atoms with Crippen molar-refractivity contribution in [2.45, 2.75) is 26.4 Å². The van der Waals surface area contributed by atoms with Crippen molar-refractivity contribution in [2.24, 2.45) is 0 Å². The lowest BCUT2D eigenvalue weighted by Gasteiger charge is -2.13. The summed E-state index contributed by atoms with van der Waals surface area (Å²) in [5, 5.41) is 2.89. The van der Waals surface area contributed by atoms with Gasteiger partial charge < -0.3 is 14.8 Å². The predicted molar refractivity (Wildman–Crippen MR) is 122 cm³/mol. The molecular weight excluding hydrogens is 374 g/mol. The van der Waals surface area contributed by atoms with E-state index in [0.29, 0.717) is 24.0 Å². The first-order valence-corrected chi connectivity index (χ1v) is 9.99. The fourth-order valence-electron chi connectivity index (χ4n) is 3.01.